The number of nitrogens with one attached hydrogen (secondary N) is 1. The molecule has 242 valence electrons. The third-order valence-corrected chi connectivity index (χ3v) is 13.6. The molecule has 0 aliphatic heterocycles. The van der Waals surface area contributed by atoms with Gasteiger partial charge in [0.15, 0.2) is 5.82 Å². The van der Waals surface area contributed by atoms with Crippen LogP contribution in [0.25, 0.3) is 0 Å². The standard InChI is InChI=1S/C32H68P.C3H3N3O2/c1-5-9-13-17-18-19-20-21-22-23-24-28-32-33(29-25-14-10-6-2,30-26-15-11-7-3)31-27-16-12-8-4;7-3(8)2-4-1-5-6-2/h5-32H2,1-4H3;1H,(H,7,8)(H,4,5,6)/q+1;/p-1. The lowest BCUT2D eigenvalue weighted by Crippen LogP contribution is -2.23. The first-order valence-electron chi connectivity index (χ1n) is 18.0. The zero-order valence-electron chi connectivity index (χ0n) is 28.0. The fourth-order valence-electron chi connectivity index (χ4n) is 5.89. The van der Waals surface area contributed by atoms with Gasteiger partial charge >= 0.3 is 0 Å². The topological polar surface area (TPSA) is 81.7 Å². The Morgan fingerprint density at radius 2 is 0.854 bits per heavy atom. The van der Waals surface area contributed by atoms with Crippen LogP contribution in [0.3, 0.4) is 0 Å². The van der Waals surface area contributed by atoms with Crippen molar-refractivity contribution in [3.63, 3.8) is 0 Å². The summed E-state index contributed by atoms with van der Waals surface area (Å²) in [6.45, 7) is 9.41. The smallest absolute Gasteiger partial charge is 0.196 e. The van der Waals surface area contributed by atoms with Crippen molar-refractivity contribution in [2.24, 2.45) is 0 Å². The van der Waals surface area contributed by atoms with Crippen molar-refractivity contribution in [1.82, 2.24) is 15.2 Å². The molecule has 0 spiro atoms. The van der Waals surface area contributed by atoms with E-state index in [-0.39, 0.29) is 5.82 Å². The lowest BCUT2D eigenvalue weighted by atomic mass is 10.1. The molecule has 0 radical (unpaired) electrons. The third-order valence-electron chi connectivity index (χ3n) is 8.54. The van der Waals surface area contributed by atoms with Crippen LogP contribution in [0.1, 0.15) is 192 Å². The first-order chi connectivity index (χ1) is 20.0. The number of aromatic nitrogens is 3. The van der Waals surface area contributed by atoms with E-state index in [4.69, 9.17) is 0 Å². The fraction of sp³-hybridized carbons (Fsp3) is 0.914. The molecule has 1 heterocycles. The number of carbonyl (C=O) groups excluding carboxylic acids is 1. The predicted molar refractivity (Wildman–Crippen MR) is 181 cm³/mol. The van der Waals surface area contributed by atoms with Crippen molar-refractivity contribution >= 4 is 13.2 Å². The summed E-state index contributed by atoms with van der Waals surface area (Å²) in [6.07, 6.45) is 43.3. The van der Waals surface area contributed by atoms with E-state index in [0.29, 0.717) is 0 Å². The van der Waals surface area contributed by atoms with Gasteiger partial charge in [-0.1, -0.05) is 130 Å². The second kappa shape index (κ2) is 30.5. The number of rotatable bonds is 29. The van der Waals surface area contributed by atoms with Crippen molar-refractivity contribution < 1.29 is 9.90 Å². The van der Waals surface area contributed by atoms with Gasteiger partial charge in [-0.05, 0) is 51.4 Å². The molecule has 0 aromatic carbocycles. The van der Waals surface area contributed by atoms with Crippen LogP contribution in [-0.4, -0.2) is 45.8 Å². The molecule has 0 saturated heterocycles. The molecular weight excluding hydrogens is 525 g/mol. The van der Waals surface area contributed by atoms with Gasteiger partial charge in [0.2, 0.25) is 0 Å². The van der Waals surface area contributed by atoms with Gasteiger partial charge in [-0.25, -0.2) is 4.98 Å². The average Bonchev–Trinajstić information content (AvgIpc) is 3.53. The molecule has 41 heavy (non-hydrogen) atoms. The van der Waals surface area contributed by atoms with E-state index in [1.807, 2.05) is 0 Å². The van der Waals surface area contributed by atoms with Crippen molar-refractivity contribution in [2.45, 2.75) is 182 Å². The lowest BCUT2D eigenvalue weighted by Gasteiger charge is -2.28. The van der Waals surface area contributed by atoms with E-state index in [9.17, 15) is 9.90 Å². The van der Waals surface area contributed by atoms with Gasteiger partial charge in [-0.3, -0.25) is 5.10 Å². The van der Waals surface area contributed by atoms with Crippen molar-refractivity contribution in [1.29, 1.82) is 0 Å². The summed E-state index contributed by atoms with van der Waals surface area (Å²) >= 11 is 0. The van der Waals surface area contributed by atoms with Gasteiger partial charge in [0.25, 0.3) is 0 Å². The Balaban J connectivity index is 0.00000170. The summed E-state index contributed by atoms with van der Waals surface area (Å²) in [5.41, 5.74) is 0. The van der Waals surface area contributed by atoms with E-state index in [1.54, 1.807) is 50.3 Å². The number of aromatic amines is 1. The molecule has 0 unspecified atom stereocenters. The van der Waals surface area contributed by atoms with E-state index >= 15 is 0 Å². The minimum atomic E-state index is -1.37. The number of unbranched alkanes of at least 4 members (excludes halogenated alkanes) is 20. The van der Waals surface area contributed by atoms with Crippen LogP contribution in [0.15, 0.2) is 6.33 Å². The number of carboxylic acid groups (broad SMARTS) is 1. The van der Waals surface area contributed by atoms with Gasteiger partial charge in [0.05, 0.1) is 24.6 Å². The highest BCUT2D eigenvalue weighted by molar-refractivity contribution is 7.75. The molecule has 1 aromatic heterocycles. The molecule has 0 aliphatic rings. The summed E-state index contributed by atoms with van der Waals surface area (Å²) in [5, 5.41) is 15.3. The van der Waals surface area contributed by atoms with Gasteiger partial charge in [-0.2, -0.15) is 5.10 Å². The van der Waals surface area contributed by atoms with Crippen LogP contribution in [0, 0.1) is 0 Å². The molecule has 6 heteroatoms. The van der Waals surface area contributed by atoms with Gasteiger partial charge in [-0.15, -0.1) is 0 Å². The minimum absolute atomic E-state index is 0.315. The summed E-state index contributed by atoms with van der Waals surface area (Å²) in [5.74, 6) is -1.68. The Labute approximate surface area is 256 Å². The SMILES string of the molecule is CCCCCCCCCCCCCC[P+](CCCCCC)(CCCCCC)CCCCCC.O=C([O-])c1nc[nH]n1. The highest BCUT2D eigenvalue weighted by atomic mass is 31.2. The zero-order chi connectivity index (χ0) is 30.3. The van der Waals surface area contributed by atoms with Crippen LogP contribution >= 0.6 is 7.26 Å². The van der Waals surface area contributed by atoms with Crippen LogP contribution in [-0.2, 0) is 0 Å². The van der Waals surface area contributed by atoms with Crippen LogP contribution < -0.4 is 5.11 Å². The van der Waals surface area contributed by atoms with Crippen LogP contribution in [0.2, 0.25) is 0 Å². The number of H-pyrrole nitrogens is 1. The van der Waals surface area contributed by atoms with Crippen molar-refractivity contribution in [3.8, 4) is 0 Å². The van der Waals surface area contributed by atoms with Crippen molar-refractivity contribution in [3.05, 3.63) is 12.2 Å². The largest absolute Gasteiger partial charge is 0.541 e. The maximum absolute atomic E-state index is 9.81. The lowest BCUT2D eigenvalue weighted by molar-refractivity contribution is -0.256. The first-order valence-corrected chi connectivity index (χ1v) is 20.5. The number of nitrogens with zero attached hydrogens (tertiary/aromatic N) is 2. The second-order valence-electron chi connectivity index (χ2n) is 12.4. The Hall–Kier alpha value is -0.960. The van der Waals surface area contributed by atoms with Gasteiger partial charge < -0.3 is 9.90 Å². The molecule has 0 atom stereocenters. The molecular formula is C35H70N3O2P. The number of aromatic carboxylic acids is 1. The normalized spacial score (nSPS) is 11.4. The second-order valence-corrected chi connectivity index (χ2v) is 16.9. The highest BCUT2D eigenvalue weighted by Crippen LogP contribution is 2.61. The Bertz CT molecular complexity index is 623. The molecule has 0 aliphatic carbocycles. The Kier molecular flexibility index (Phi) is 29.8. The summed E-state index contributed by atoms with van der Waals surface area (Å²) in [6, 6.07) is 0. The molecule has 0 bridgehead atoms. The van der Waals surface area contributed by atoms with E-state index in [0.717, 1.165) is 0 Å². The van der Waals surface area contributed by atoms with Gasteiger partial charge in [0, 0.05) is 7.26 Å². The van der Waals surface area contributed by atoms with Crippen molar-refractivity contribution in [2.75, 3.05) is 24.6 Å². The average molecular weight is 596 g/mol. The first kappa shape index (κ1) is 40.0. The van der Waals surface area contributed by atoms with Crippen LogP contribution in [0.5, 0.6) is 0 Å². The maximum atomic E-state index is 9.81. The minimum Gasteiger partial charge on any atom is -0.541 e. The molecule has 0 fully saturated rings. The number of carboxylic acids is 1. The van der Waals surface area contributed by atoms with Gasteiger partial charge in [0.1, 0.15) is 12.3 Å². The molecule has 1 aromatic rings. The number of carbonyl (C=O) groups is 1. The third kappa shape index (κ3) is 25.3. The molecule has 0 saturated carbocycles. The number of hydrogen-bond acceptors (Lipinski definition) is 4. The predicted octanol–water partition coefficient (Wildman–Crippen LogP) is 10.6. The maximum Gasteiger partial charge on any atom is 0.196 e. The van der Waals surface area contributed by atoms with Crippen LogP contribution in [0.4, 0.5) is 0 Å². The Morgan fingerprint density at radius 3 is 1.10 bits per heavy atom. The summed E-state index contributed by atoms with van der Waals surface area (Å²) in [4.78, 5) is 13.1. The monoisotopic (exact) mass is 596 g/mol. The zero-order valence-corrected chi connectivity index (χ0v) is 28.9. The molecule has 5 nitrogen and oxygen atoms in total. The summed E-state index contributed by atoms with van der Waals surface area (Å²) < 4.78 is 0. The molecule has 0 amide bonds. The molecule has 1 rings (SSSR count). The summed E-state index contributed by atoms with van der Waals surface area (Å²) in [7, 11) is -0.697. The number of hydrogen-bond donors (Lipinski definition) is 1. The van der Waals surface area contributed by atoms with E-state index in [2.05, 4.69) is 42.9 Å². The highest BCUT2D eigenvalue weighted by Gasteiger charge is 2.34. The molecule has 1 N–H and O–H groups in total. The van der Waals surface area contributed by atoms with E-state index in [1.165, 1.54) is 135 Å². The van der Waals surface area contributed by atoms with E-state index < -0.39 is 13.2 Å². The Morgan fingerprint density at radius 1 is 0.561 bits per heavy atom. The fourth-order valence-corrected chi connectivity index (χ4v) is 10.8. The quantitative estimate of drug-likeness (QED) is 0.0737.